The van der Waals surface area contributed by atoms with Crippen molar-refractivity contribution in [3.05, 3.63) is 35.4 Å². The Morgan fingerprint density at radius 2 is 1.65 bits per heavy atom. The molecular formula is C22H34F3N5O. The second-order valence-electron chi connectivity index (χ2n) is 8.12. The van der Waals surface area contributed by atoms with Crippen molar-refractivity contribution in [2.24, 2.45) is 4.99 Å². The van der Waals surface area contributed by atoms with E-state index in [2.05, 4.69) is 39.4 Å². The van der Waals surface area contributed by atoms with E-state index in [9.17, 15) is 13.2 Å². The summed E-state index contributed by atoms with van der Waals surface area (Å²) in [5.74, 6) is 0.763. The second kappa shape index (κ2) is 11.2. The molecule has 0 bridgehead atoms. The van der Waals surface area contributed by atoms with E-state index >= 15 is 0 Å². The number of morpholine rings is 1. The lowest BCUT2D eigenvalue weighted by Gasteiger charge is -2.39. The molecule has 0 saturated carbocycles. The zero-order valence-electron chi connectivity index (χ0n) is 18.5. The summed E-state index contributed by atoms with van der Waals surface area (Å²) in [4.78, 5) is 10.7. The van der Waals surface area contributed by atoms with Crippen LogP contribution in [0.2, 0.25) is 0 Å². The normalized spacial score (nSPS) is 20.7. The molecule has 0 radical (unpaired) electrons. The van der Waals surface area contributed by atoms with Crippen LogP contribution in [0.3, 0.4) is 0 Å². The highest BCUT2D eigenvalue weighted by Gasteiger charge is 2.41. The fourth-order valence-corrected chi connectivity index (χ4v) is 3.89. The molecule has 0 spiro atoms. The van der Waals surface area contributed by atoms with E-state index in [1.54, 1.807) is 0 Å². The van der Waals surface area contributed by atoms with Gasteiger partial charge in [-0.1, -0.05) is 24.3 Å². The maximum absolute atomic E-state index is 13.0. The molecule has 31 heavy (non-hydrogen) atoms. The van der Waals surface area contributed by atoms with Crippen LogP contribution in [0, 0.1) is 0 Å². The molecule has 2 heterocycles. The van der Waals surface area contributed by atoms with Gasteiger partial charge in [0.25, 0.3) is 0 Å². The standard InChI is InChI=1S/C22H34F3N5O/c1-3-26-21(30-10-8-29(9-11-30)18(2)22(23,24)25)27-16-19-4-6-20(7-5-19)17-28-12-14-31-15-13-28/h4-7,18H,3,8-17H2,1-2H3,(H,26,27). The highest BCUT2D eigenvalue weighted by atomic mass is 19.4. The molecular weight excluding hydrogens is 407 g/mol. The second-order valence-corrected chi connectivity index (χ2v) is 8.12. The molecule has 3 rings (SSSR count). The number of alkyl halides is 3. The number of halogens is 3. The molecule has 1 aromatic carbocycles. The van der Waals surface area contributed by atoms with Gasteiger partial charge in [0, 0.05) is 52.4 Å². The molecule has 0 aromatic heterocycles. The van der Waals surface area contributed by atoms with E-state index < -0.39 is 12.2 Å². The van der Waals surface area contributed by atoms with Crippen molar-refractivity contribution in [3.8, 4) is 0 Å². The van der Waals surface area contributed by atoms with E-state index in [1.165, 1.54) is 17.4 Å². The van der Waals surface area contributed by atoms with E-state index in [4.69, 9.17) is 9.73 Å². The van der Waals surface area contributed by atoms with Crippen LogP contribution in [0.15, 0.2) is 29.3 Å². The maximum Gasteiger partial charge on any atom is 0.403 e. The van der Waals surface area contributed by atoms with Crippen molar-refractivity contribution in [1.82, 2.24) is 20.0 Å². The number of guanidine groups is 1. The summed E-state index contributed by atoms with van der Waals surface area (Å²) in [5.41, 5.74) is 2.39. The van der Waals surface area contributed by atoms with Crippen LogP contribution in [-0.2, 0) is 17.8 Å². The summed E-state index contributed by atoms with van der Waals surface area (Å²) in [6.45, 7) is 10.8. The fourth-order valence-electron chi connectivity index (χ4n) is 3.89. The van der Waals surface area contributed by atoms with Crippen molar-refractivity contribution < 1.29 is 17.9 Å². The summed E-state index contributed by atoms with van der Waals surface area (Å²) in [7, 11) is 0. The zero-order valence-corrected chi connectivity index (χ0v) is 18.5. The van der Waals surface area contributed by atoms with Crippen molar-refractivity contribution >= 4 is 5.96 Å². The molecule has 9 heteroatoms. The van der Waals surface area contributed by atoms with E-state index in [-0.39, 0.29) is 0 Å². The lowest BCUT2D eigenvalue weighted by Crippen LogP contribution is -2.56. The number of benzene rings is 1. The van der Waals surface area contributed by atoms with Gasteiger partial charge >= 0.3 is 6.18 Å². The van der Waals surface area contributed by atoms with Gasteiger partial charge in [-0.25, -0.2) is 4.99 Å². The van der Waals surface area contributed by atoms with Crippen LogP contribution in [-0.4, -0.2) is 91.9 Å². The number of nitrogens with zero attached hydrogens (tertiary/aromatic N) is 4. The van der Waals surface area contributed by atoms with Crippen LogP contribution in [0.5, 0.6) is 0 Å². The SMILES string of the molecule is CCNC(=NCc1ccc(CN2CCOCC2)cc1)N1CCN(C(C)C(F)(F)F)CC1. The summed E-state index contributed by atoms with van der Waals surface area (Å²) in [6, 6.07) is 7.08. The average Bonchev–Trinajstić information content (AvgIpc) is 2.77. The van der Waals surface area contributed by atoms with Crippen molar-refractivity contribution in [2.75, 3.05) is 59.0 Å². The lowest BCUT2D eigenvalue weighted by atomic mass is 10.1. The quantitative estimate of drug-likeness (QED) is 0.543. The van der Waals surface area contributed by atoms with E-state index in [1.807, 2.05) is 6.92 Å². The molecule has 2 aliphatic rings. The van der Waals surface area contributed by atoms with E-state index in [0.717, 1.165) is 50.9 Å². The smallest absolute Gasteiger partial charge is 0.379 e. The van der Waals surface area contributed by atoms with Gasteiger partial charge < -0.3 is 15.0 Å². The Morgan fingerprint density at radius 3 is 2.23 bits per heavy atom. The van der Waals surface area contributed by atoms with Crippen LogP contribution in [0.4, 0.5) is 13.2 Å². The number of hydrogen-bond acceptors (Lipinski definition) is 4. The van der Waals surface area contributed by atoms with Gasteiger partial charge in [0.1, 0.15) is 6.04 Å². The van der Waals surface area contributed by atoms with Crippen LogP contribution in [0.25, 0.3) is 0 Å². The van der Waals surface area contributed by atoms with Gasteiger partial charge in [-0.2, -0.15) is 13.2 Å². The number of nitrogens with one attached hydrogen (secondary N) is 1. The maximum atomic E-state index is 13.0. The topological polar surface area (TPSA) is 43.3 Å². The van der Waals surface area contributed by atoms with Gasteiger partial charge in [-0.15, -0.1) is 0 Å². The van der Waals surface area contributed by atoms with Crippen molar-refractivity contribution in [1.29, 1.82) is 0 Å². The lowest BCUT2D eigenvalue weighted by molar-refractivity contribution is -0.181. The third kappa shape index (κ3) is 7.08. The Labute approximate surface area is 183 Å². The van der Waals surface area contributed by atoms with Crippen LogP contribution in [0.1, 0.15) is 25.0 Å². The summed E-state index contributed by atoms with van der Waals surface area (Å²) in [5, 5.41) is 3.28. The molecule has 1 N–H and O–H groups in total. The minimum atomic E-state index is -4.19. The van der Waals surface area contributed by atoms with Crippen molar-refractivity contribution in [2.45, 2.75) is 39.2 Å². The summed E-state index contributed by atoms with van der Waals surface area (Å²) < 4.78 is 44.3. The first-order valence-electron chi connectivity index (χ1n) is 11.1. The predicted octanol–water partition coefficient (Wildman–Crippen LogP) is 2.55. The Morgan fingerprint density at radius 1 is 1.03 bits per heavy atom. The van der Waals surface area contributed by atoms with E-state index in [0.29, 0.717) is 32.7 Å². The summed E-state index contributed by atoms with van der Waals surface area (Å²) >= 11 is 0. The Balaban J connectivity index is 1.53. The highest BCUT2D eigenvalue weighted by Crippen LogP contribution is 2.25. The molecule has 2 aliphatic heterocycles. The number of rotatable bonds is 6. The molecule has 2 saturated heterocycles. The van der Waals surface area contributed by atoms with Gasteiger partial charge in [0.15, 0.2) is 5.96 Å². The minimum Gasteiger partial charge on any atom is -0.379 e. The molecule has 0 aliphatic carbocycles. The predicted molar refractivity (Wildman–Crippen MR) is 116 cm³/mol. The first kappa shape index (κ1) is 23.8. The monoisotopic (exact) mass is 441 g/mol. The number of piperazine rings is 1. The molecule has 1 unspecified atom stereocenters. The Kier molecular flexibility index (Phi) is 8.57. The largest absolute Gasteiger partial charge is 0.403 e. The molecule has 1 aromatic rings. The fraction of sp³-hybridized carbons (Fsp3) is 0.682. The average molecular weight is 442 g/mol. The van der Waals surface area contributed by atoms with Gasteiger partial charge in [0.05, 0.1) is 19.8 Å². The Hall–Kier alpha value is -1.84. The van der Waals surface area contributed by atoms with Crippen LogP contribution >= 0.6 is 0 Å². The zero-order chi connectivity index (χ0) is 22.3. The van der Waals surface area contributed by atoms with Gasteiger partial charge in [-0.05, 0) is 25.0 Å². The molecule has 6 nitrogen and oxygen atoms in total. The third-order valence-corrected chi connectivity index (χ3v) is 5.91. The Bertz CT molecular complexity index is 696. The first-order chi connectivity index (χ1) is 14.9. The minimum absolute atomic E-state index is 0.376. The van der Waals surface area contributed by atoms with Gasteiger partial charge in [0.2, 0.25) is 0 Å². The molecule has 0 amide bonds. The molecule has 1 atom stereocenters. The van der Waals surface area contributed by atoms with Crippen molar-refractivity contribution in [3.63, 3.8) is 0 Å². The number of ether oxygens (including phenoxy) is 1. The number of aliphatic imine (C=N–C) groups is 1. The van der Waals surface area contributed by atoms with Crippen LogP contribution < -0.4 is 5.32 Å². The molecule has 174 valence electrons. The molecule has 2 fully saturated rings. The summed E-state index contributed by atoms with van der Waals surface area (Å²) in [6.07, 6.45) is -4.19. The third-order valence-electron chi connectivity index (χ3n) is 5.91. The highest BCUT2D eigenvalue weighted by molar-refractivity contribution is 5.80. The first-order valence-corrected chi connectivity index (χ1v) is 11.1. The van der Waals surface area contributed by atoms with Gasteiger partial charge in [-0.3, -0.25) is 9.80 Å². The number of hydrogen-bond donors (Lipinski definition) is 1.